The molecule has 0 aliphatic carbocycles. The maximum Gasteiger partial charge on any atom is 0.335 e. The zero-order chi connectivity index (χ0) is 17.8. The van der Waals surface area contributed by atoms with E-state index in [4.69, 9.17) is 9.84 Å². The lowest BCUT2D eigenvalue weighted by Crippen LogP contribution is -2.33. The summed E-state index contributed by atoms with van der Waals surface area (Å²) >= 11 is 0. The Morgan fingerprint density at radius 2 is 2.00 bits per heavy atom. The van der Waals surface area contributed by atoms with Crippen molar-refractivity contribution in [1.82, 2.24) is 0 Å². The van der Waals surface area contributed by atoms with E-state index in [9.17, 15) is 9.59 Å². The van der Waals surface area contributed by atoms with E-state index >= 15 is 0 Å². The molecule has 0 radical (unpaired) electrons. The molecule has 0 unspecified atom stereocenters. The molecular formula is C20H21NO4. The van der Waals surface area contributed by atoms with Gasteiger partial charge in [0.25, 0.3) is 0 Å². The average molecular weight is 339 g/mol. The first-order valence-corrected chi connectivity index (χ1v) is 8.38. The molecule has 1 heterocycles. The summed E-state index contributed by atoms with van der Waals surface area (Å²) in [4.78, 5) is 25.8. The van der Waals surface area contributed by atoms with Crippen molar-refractivity contribution >= 4 is 17.6 Å². The van der Waals surface area contributed by atoms with Gasteiger partial charge in [-0.25, -0.2) is 4.79 Å². The third-order valence-electron chi connectivity index (χ3n) is 4.49. The van der Waals surface area contributed by atoms with Crippen LogP contribution in [0.4, 0.5) is 5.69 Å². The quantitative estimate of drug-likeness (QED) is 0.928. The largest absolute Gasteiger partial charge is 0.497 e. The summed E-state index contributed by atoms with van der Waals surface area (Å²) in [7, 11) is 1.64. The van der Waals surface area contributed by atoms with Crippen LogP contribution in [0.15, 0.2) is 42.5 Å². The van der Waals surface area contributed by atoms with Gasteiger partial charge in [-0.15, -0.1) is 0 Å². The molecular weight excluding hydrogens is 318 g/mol. The minimum absolute atomic E-state index is 0.0177. The molecule has 0 spiro atoms. The van der Waals surface area contributed by atoms with Gasteiger partial charge >= 0.3 is 5.97 Å². The maximum absolute atomic E-state index is 12.9. The van der Waals surface area contributed by atoms with Crippen molar-refractivity contribution in [1.29, 1.82) is 0 Å². The van der Waals surface area contributed by atoms with Crippen molar-refractivity contribution in [2.24, 2.45) is 0 Å². The highest BCUT2D eigenvalue weighted by Crippen LogP contribution is 2.30. The number of methoxy groups -OCH3 is 1. The summed E-state index contributed by atoms with van der Waals surface area (Å²) in [5.74, 6) is -0.209. The Kier molecular flexibility index (Phi) is 5.03. The van der Waals surface area contributed by atoms with Crippen LogP contribution in [0, 0.1) is 0 Å². The van der Waals surface area contributed by atoms with Crippen molar-refractivity contribution in [2.45, 2.75) is 25.7 Å². The second kappa shape index (κ2) is 7.38. The number of ether oxygens (including phenoxy) is 1. The Labute approximate surface area is 146 Å². The van der Waals surface area contributed by atoms with E-state index in [0.717, 1.165) is 36.3 Å². The van der Waals surface area contributed by atoms with Gasteiger partial charge in [-0.1, -0.05) is 12.1 Å². The van der Waals surface area contributed by atoms with Crippen LogP contribution in [0.1, 0.15) is 34.3 Å². The number of benzene rings is 2. The average Bonchev–Trinajstić information content (AvgIpc) is 2.83. The lowest BCUT2D eigenvalue weighted by Gasteiger charge is -2.23. The fourth-order valence-electron chi connectivity index (χ4n) is 3.20. The van der Waals surface area contributed by atoms with E-state index in [0.29, 0.717) is 12.1 Å². The monoisotopic (exact) mass is 339 g/mol. The number of fused-ring (bicyclic) bond motifs is 1. The number of hydrogen-bond acceptors (Lipinski definition) is 3. The molecule has 1 amide bonds. The minimum Gasteiger partial charge on any atom is -0.497 e. The number of aryl methyl sites for hydroxylation is 1. The van der Waals surface area contributed by atoms with Crippen LogP contribution < -0.4 is 9.64 Å². The van der Waals surface area contributed by atoms with Gasteiger partial charge in [0, 0.05) is 12.2 Å². The number of anilines is 1. The number of hydrogen-bond donors (Lipinski definition) is 1. The van der Waals surface area contributed by atoms with E-state index in [1.165, 1.54) is 6.07 Å². The molecule has 0 fully saturated rings. The fourth-order valence-corrected chi connectivity index (χ4v) is 3.20. The van der Waals surface area contributed by atoms with Crippen LogP contribution in [0.3, 0.4) is 0 Å². The van der Waals surface area contributed by atoms with Gasteiger partial charge in [-0.2, -0.15) is 0 Å². The summed E-state index contributed by atoms with van der Waals surface area (Å²) in [6.45, 7) is 0.677. The summed E-state index contributed by atoms with van der Waals surface area (Å²) < 4.78 is 5.29. The van der Waals surface area contributed by atoms with Gasteiger partial charge in [0.1, 0.15) is 5.75 Å². The standard InChI is InChI=1S/C20H21NO4/c1-25-17-8-9-18-15(13-17)6-2-3-10-21(18)19(22)12-14-5-4-7-16(11-14)20(23)24/h4-5,7-9,11,13H,2-3,6,10,12H2,1H3,(H,23,24). The van der Waals surface area contributed by atoms with Crippen molar-refractivity contribution < 1.29 is 19.4 Å². The SMILES string of the molecule is COc1ccc2c(c1)CCCCN2C(=O)Cc1cccc(C(=O)O)c1. The van der Waals surface area contributed by atoms with Crippen molar-refractivity contribution in [3.8, 4) is 5.75 Å². The normalized spacial score (nSPS) is 13.7. The minimum atomic E-state index is -0.985. The third kappa shape index (κ3) is 3.82. The Hall–Kier alpha value is -2.82. The second-order valence-electron chi connectivity index (χ2n) is 6.18. The summed E-state index contributed by atoms with van der Waals surface area (Å²) in [5, 5.41) is 9.10. The zero-order valence-electron chi connectivity index (χ0n) is 14.2. The summed E-state index contributed by atoms with van der Waals surface area (Å²) in [6, 6.07) is 12.4. The highest BCUT2D eigenvalue weighted by atomic mass is 16.5. The van der Waals surface area contributed by atoms with E-state index in [2.05, 4.69) is 0 Å². The number of carboxylic acid groups (broad SMARTS) is 1. The van der Waals surface area contributed by atoms with E-state index in [1.54, 1.807) is 25.3 Å². The lowest BCUT2D eigenvalue weighted by atomic mass is 10.1. The zero-order valence-corrected chi connectivity index (χ0v) is 14.2. The number of carboxylic acids is 1. The van der Waals surface area contributed by atoms with Gasteiger partial charge < -0.3 is 14.7 Å². The number of carbonyl (C=O) groups is 2. The predicted octanol–water partition coefficient (Wildman–Crippen LogP) is 3.31. The third-order valence-corrected chi connectivity index (χ3v) is 4.49. The van der Waals surface area contributed by atoms with Gasteiger partial charge in [0.05, 0.1) is 19.1 Å². The Bertz CT molecular complexity index is 800. The second-order valence-corrected chi connectivity index (χ2v) is 6.18. The first-order chi connectivity index (χ1) is 12.1. The molecule has 0 bridgehead atoms. The van der Waals surface area contributed by atoms with Gasteiger partial charge in [-0.3, -0.25) is 4.79 Å². The van der Waals surface area contributed by atoms with Gasteiger partial charge in [0.2, 0.25) is 5.91 Å². The predicted molar refractivity (Wildman–Crippen MR) is 95.4 cm³/mol. The van der Waals surface area contributed by atoms with Crippen LogP contribution in [0.5, 0.6) is 5.75 Å². The maximum atomic E-state index is 12.9. The Balaban J connectivity index is 1.85. The van der Waals surface area contributed by atoms with Crippen LogP contribution in [-0.4, -0.2) is 30.6 Å². The molecule has 1 aliphatic heterocycles. The number of carbonyl (C=O) groups excluding carboxylic acids is 1. The molecule has 1 N–H and O–H groups in total. The molecule has 5 heteroatoms. The summed E-state index contributed by atoms with van der Waals surface area (Å²) in [5.41, 5.74) is 2.96. The molecule has 0 saturated heterocycles. The van der Waals surface area contributed by atoms with E-state index < -0.39 is 5.97 Å². The van der Waals surface area contributed by atoms with E-state index in [1.807, 2.05) is 23.1 Å². The topological polar surface area (TPSA) is 66.8 Å². The molecule has 0 aromatic heterocycles. The molecule has 25 heavy (non-hydrogen) atoms. The molecule has 5 nitrogen and oxygen atoms in total. The summed E-state index contributed by atoms with van der Waals surface area (Å²) in [6.07, 6.45) is 3.08. The molecule has 130 valence electrons. The number of rotatable bonds is 4. The smallest absolute Gasteiger partial charge is 0.335 e. The van der Waals surface area contributed by atoms with E-state index in [-0.39, 0.29) is 17.9 Å². The molecule has 2 aromatic rings. The van der Waals surface area contributed by atoms with Crippen molar-refractivity contribution in [3.63, 3.8) is 0 Å². The molecule has 1 aliphatic rings. The molecule has 3 rings (SSSR count). The van der Waals surface area contributed by atoms with Crippen molar-refractivity contribution in [3.05, 3.63) is 59.2 Å². The van der Waals surface area contributed by atoms with Crippen molar-refractivity contribution in [2.75, 3.05) is 18.6 Å². The number of aromatic carboxylic acids is 1. The van der Waals surface area contributed by atoms with Gasteiger partial charge in [-0.05, 0) is 60.7 Å². The first-order valence-electron chi connectivity index (χ1n) is 8.38. The number of nitrogens with zero attached hydrogens (tertiary/aromatic N) is 1. The fraction of sp³-hybridized carbons (Fsp3) is 0.300. The van der Waals surface area contributed by atoms with Crippen LogP contribution in [-0.2, 0) is 17.6 Å². The molecule has 0 saturated carbocycles. The molecule has 0 atom stereocenters. The van der Waals surface area contributed by atoms with Crippen LogP contribution in [0.25, 0.3) is 0 Å². The highest BCUT2D eigenvalue weighted by Gasteiger charge is 2.22. The Morgan fingerprint density at radius 3 is 2.76 bits per heavy atom. The van der Waals surface area contributed by atoms with Crippen LogP contribution in [0.2, 0.25) is 0 Å². The Morgan fingerprint density at radius 1 is 1.16 bits per heavy atom. The molecule has 2 aromatic carbocycles. The van der Waals surface area contributed by atoms with Gasteiger partial charge in [0.15, 0.2) is 0 Å². The van der Waals surface area contributed by atoms with Crippen LogP contribution >= 0.6 is 0 Å². The lowest BCUT2D eigenvalue weighted by molar-refractivity contribution is -0.118. The number of amides is 1. The first kappa shape index (κ1) is 17.0. The highest BCUT2D eigenvalue weighted by molar-refractivity contribution is 5.96.